The summed E-state index contributed by atoms with van der Waals surface area (Å²) in [4.78, 5) is 24.2. The third-order valence-electron chi connectivity index (χ3n) is 4.46. The number of esters is 1. The largest absolute Gasteiger partial charge is 0.452 e. The van der Waals surface area contributed by atoms with Crippen molar-refractivity contribution in [1.82, 2.24) is 9.03 Å². The molecule has 0 radical (unpaired) electrons. The molecule has 0 spiro atoms. The lowest BCUT2D eigenvalue weighted by atomic mass is 10.2. The minimum Gasteiger partial charge on any atom is -0.452 e. The maximum absolute atomic E-state index is 12.5. The SMILES string of the molecule is CCN(CC)S(=O)(=O)c1ccc(NC(=O)COC(=O)c2cccc(S(=O)(=O)NC)c2)cc1. The lowest BCUT2D eigenvalue weighted by molar-refractivity contribution is -0.119. The second kappa shape index (κ2) is 10.7. The molecular weight excluding hydrogens is 458 g/mol. The van der Waals surface area contributed by atoms with Crippen LogP contribution in [0.3, 0.4) is 0 Å². The molecular formula is C20H25N3O7S2. The van der Waals surface area contributed by atoms with Gasteiger partial charge < -0.3 is 10.1 Å². The molecule has 0 aliphatic rings. The Bertz CT molecular complexity index is 1170. The van der Waals surface area contributed by atoms with E-state index in [0.717, 1.165) is 6.07 Å². The highest BCUT2D eigenvalue weighted by molar-refractivity contribution is 7.89. The van der Waals surface area contributed by atoms with E-state index in [1.807, 2.05) is 0 Å². The smallest absolute Gasteiger partial charge is 0.338 e. The molecule has 10 nitrogen and oxygen atoms in total. The molecule has 0 fully saturated rings. The van der Waals surface area contributed by atoms with Gasteiger partial charge in [0, 0.05) is 18.8 Å². The van der Waals surface area contributed by atoms with Crippen molar-refractivity contribution in [2.75, 3.05) is 32.1 Å². The molecule has 174 valence electrons. The number of anilines is 1. The summed E-state index contributed by atoms with van der Waals surface area (Å²) >= 11 is 0. The van der Waals surface area contributed by atoms with Crippen LogP contribution >= 0.6 is 0 Å². The number of hydrogen-bond donors (Lipinski definition) is 2. The molecule has 32 heavy (non-hydrogen) atoms. The third kappa shape index (κ3) is 6.13. The van der Waals surface area contributed by atoms with Crippen molar-refractivity contribution in [3.63, 3.8) is 0 Å². The highest BCUT2D eigenvalue weighted by Gasteiger charge is 2.21. The topological polar surface area (TPSA) is 139 Å². The zero-order chi connectivity index (χ0) is 23.9. The summed E-state index contributed by atoms with van der Waals surface area (Å²) in [5.41, 5.74) is 0.298. The Labute approximate surface area is 187 Å². The summed E-state index contributed by atoms with van der Waals surface area (Å²) in [7, 11) is -6.10. The maximum Gasteiger partial charge on any atom is 0.338 e. The van der Waals surface area contributed by atoms with Gasteiger partial charge in [-0.15, -0.1) is 0 Å². The molecule has 0 saturated carbocycles. The van der Waals surface area contributed by atoms with Crippen LogP contribution < -0.4 is 10.0 Å². The van der Waals surface area contributed by atoms with E-state index in [1.54, 1.807) is 13.8 Å². The number of benzene rings is 2. The van der Waals surface area contributed by atoms with Crippen molar-refractivity contribution in [2.45, 2.75) is 23.6 Å². The molecule has 1 amide bonds. The molecule has 2 aromatic rings. The molecule has 0 unspecified atom stereocenters. The molecule has 2 rings (SSSR count). The average molecular weight is 484 g/mol. The van der Waals surface area contributed by atoms with Crippen molar-refractivity contribution < 1.29 is 31.2 Å². The van der Waals surface area contributed by atoms with Gasteiger partial charge in [0.15, 0.2) is 6.61 Å². The van der Waals surface area contributed by atoms with Gasteiger partial charge in [0.1, 0.15) is 0 Å². The fraction of sp³-hybridized carbons (Fsp3) is 0.300. The first kappa shape index (κ1) is 25.5. The van der Waals surface area contributed by atoms with Gasteiger partial charge in [0.2, 0.25) is 20.0 Å². The van der Waals surface area contributed by atoms with Crippen LogP contribution in [0, 0.1) is 0 Å². The summed E-state index contributed by atoms with van der Waals surface area (Å²) in [5.74, 6) is -1.51. The lowest BCUT2D eigenvalue weighted by Crippen LogP contribution is -2.30. The quantitative estimate of drug-likeness (QED) is 0.487. The predicted molar refractivity (Wildman–Crippen MR) is 118 cm³/mol. The van der Waals surface area contributed by atoms with E-state index in [2.05, 4.69) is 10.0 Å². The first-order valence-electron chi connectivity index (χ1n) is 9.66. The number of rotatable bonds is 10. The minimum absolute atomic E-state index is 0.0277. The number of sulfonamides is 2. The molecule has 2 aromatic carbocycles. The summed E-state index contributed by atoms with van der Waals surface area (Å²) in [6.45, 7) is 3.56. The zero-order valence-corrected chi connectivity index (χ0v) is 19.5. The monoisotopic (exact) mass is 483 g/mol. The van der Waals surface area contributed by atoms with Gasteiger partial charge in [-0.05, 0) is 49.5 Å². The second-order valence-corrected chi connectivity index (χ2v) is 10.3. The summed E-state index contributed by atoms with van der Waals surface area (Å²) in [6, 6.07) is 10.8. The molecule has 2 N–H and O–H groups in total. The Morgan fingerprint density at radius 3 is 2.12 bits per heavy atom. The first-order valence-corrected chi connectivity index (χ1v) is 12.6. The molecule has 12 heteroatoms. The standard InChI is InChI=1S/C20H25N3O7S2/c1-4-23(5-2)32(28,29)17-11-9-16(10-12-17)22-19(24)14-30-20(25)15-7-6-8-18(13-15)31(26,27)21-3/h6-13,21H,4-5,14H2,1-3H3,(H,22,24). The van der Waals surface area contributed by atoms with Gasteiger partial charge in [-0.25, -0.2) is 26.4 Å². The van der Waals surface area contributed by atoms with E-state index < -0.39 is 38.5 Å². The Kier molecular flexibility index (Phi) is 8.50. The zero-order valence-electron chi connectivity index (χ0n) is 17.9. The molecule has 0 bridgehead atoms. The number of carbonyl (C=O) groups excluding carboxylic acids is 2. The van der Waals surface area contributed by atoms with E-state index in [4.69, 9.17) is 4.74 Å². The van der Waals surface area contributed by atoms with E-state index in [1.165, 1.54) is 53.8 Å². The molecule has 0 aromatic heterocycles. The van der Waals surface area contributed by atoms with Crippen LogP contribution in [-0.2, 0) is 29.6 Å². The van der Waals surface area contributed by atoms with Gasteiger partial charge in [0.25, 0.3) is 5.91 Å². The number of nitrogens with zero attached hydrogens (tertiary/aromatic N) is 1. The molecule has 0 atom stereocenters. The maximum atomic E-state index is 12.5. The number of nitrogens with one attached hydrogen (secondary N) is 2. The Balaban J connectivity index is 1.99. The van der Waals surface area contributed by atoms with Crippen LogP contribution in [-0.4, -0.2) is 59.8 Å². The van der Waals surface area contributed by atoms with E-state index >= 15 is 0 Å². The number of amides is 1. The van der Waals surface area contributed by atoms with Gasteiger partial charge in [-0.2, -0.15) is 4.31 Å². The number of hydrogen-bond acceptors (Lipinski definition) is 7. The van der Waals surface area contributed by atoms with Crippen LogP contribution in [0.25, 0.3) is 0 Å². The Morgan fingerprint density at radius 2 is 1.56 bits per heavy atom. The highest BCUT2D eigenvalue weighted by Crippen LogP contribution is 2.18. The second-order valence-electron chi connectivity index (χ2n) is 6.47. The van der Waals surface area contributed by atoms with Crippen molar-refractivity contribution in [1.29, 1.82) is 0 Å². The van der Waals surface area contributed by atoms with Crippen LogP contribution in [0.15, 0.2) is 58.3 Å². The van der Waals surface area contributed by atoms with E-state index in [0.29, 0.717) is 18.8 Å². The fourth-order valence-corrected chi connectivity index (χ4v) is 4.98. The molecule has 0 heterocycles. The molecule has 0 aliphatic heterocycles. The Morgan fingerprint density at radius 1 is 0.938 bits per heavy atom. The fourth-order valence-electron chi connectivity index (χ4n) is 2.74. The minimum atomic E-state index is -3.73. The molecule has 0 saturated heterocycles. The van der Waals surface area contributed by atoms with E-state index in [-0.39, 0.29) is 15.4 Å². The average Bonchev–Trinajstić information content (AvgIpc) is 2.78. The van der Waals surface area contributed by atoms with Crippen molar-refractivity contribution in [2.24, 2.45) is 0 Å². The van der Waals surface area contributed by atoms with Crippen LogP contribution in [0.5, 0.6) is 0 Å². The highest BCUT2D eigenvalue weighted by atomic mass is 32.2. The van der Waals surface area contributed by atoms with Gasteiger partial charge >= 0.3 is 5.97 Å². The van der Waals surface area contributed by atoms with Gasteiger partial charge in [-0.3, -0.25) is 4.79 Å². The molecule has 0 aliphatic carbocycles. The van der Waals surface area contributed by atoms with Crippen molar-refractivity contribution in [3.8, 4) is 0 Å². The normalized spacial score (nSPS) is 11.9. The van der Waals surface area contributed by atoms with E-state index in [9.17, 15) is 26.4 Å². The van der Waals surface area contributed by atoms with Crippen LogP contribution in [0.1, 0.15) is 24.2 Å². The summed E-state index contributed by atoms with van der Waals surface area (Å²) < 4.78 is 57.0. The Hall–Kier alpha value is -2.80. The predicted octanol–water partition coefficient (Wildman–Crippen LogP) is 1.42. The lowest BCUT2D eigenvalue weighted by Gasteiger charge is -2.18. The first-order chi connectivity index (χ1) is 15.0. The van der Waals surface area contributed by atoms with Crippen LogP contribution in [0.2, 0.25) is 0 Å². The summed E-state index contributed by atoms with van der Waals surface area (Å²) in [5, 5.41) is 2.50. The van der Waals surface area contributed by atoms with Crippen LogP contribution in [0.4, 0.5) is 5.69 Å². The number of carbonyl (C=O) groups is 2. The number of ether oxygens (including phenoxy) is 1. The van der Waals surface area contributed by atoms with Crippen molar-refractivity contribution in [3.05, 3.63) is 54.1 Å². The van der Waals surface area contributed by atoms with Gasteiger partial charge in [0.05, 0.1) is 15.4 Å². The van der Waals surface area contributed by atoms with Gasteiger partial charge in [-0.1, -0.05) is 19.9 Å². The van der Waals surface area contributed by atoms with Crippen molar-refractivity contribution >= 4 is 37.6 Å². The summed E-state index contributed by atoms with van der Waals surface area (Å²) in [6.07, 6.45) is 0. The third-order valence-corrected chi connectivity index (χ3v) is 7.94.